The number of sulfonamides is 1. The highest BCUT2D eigenvalue weighted by Crippen LogP contribution is 2.23. The summed E-state index contributed by atoms with van der Waals surface area (Å²) in [7, 11) is -3.92. The molecule has 182 valence electrons. The maximum absolute atomic E-state index is 13.9. The highest BCUT2D eigenvalue weighted by atomic mass is 32.2. The van der Waals surface area contributed by atoms with Gasteiger partial charge in [0.25, 0.3) is 5.91 Å². The number of piperazine rings is 1. The zero-order valence-electron chi connectivity index (χ0n) is 18.6. The fraction of sp³-hybridized carbons (Fsp3) is 0.391. The highest BCUT2D eigenvalue weighted by Gasteiger charge is 2.30. The summed E-state index contributed by atoms with van der Waals surface area (Å²) in [5.41, 5.74) is 0.921. The molecule has 0 radical (unpaired) electrons. The Balaban J connectivity index is 1.49. The van der Waals surface area contributed by atoms with Crippen LogP contribution in [0.1, 0.15) is 22.0 Å². The molecule has 0 saturated carbocycles. The summed E-state index contributed by atoms with van der Waals surface area (Å²) in [4.78, 5) is 26.6. The summed E-state index contributed by atoms with van der Waals surface area (Å²) in [6.45, 7) is 2.75. The van der Waals surface area contributed by atoms with Gasteiger partial charge in [-0.05, 0) is 35.9 Å². The number of carbonyl (C=O) groups excluding carboxylic acids is 2. The Kier molecular flexibility index (Phi) is 7.57. The third kappa shape index (κ3) is 5.61. The Morgan fingerprint density at radius 3 is 2.62 bits per heavy atom. The van der Waals surface area contributed by atoms with E-state index in [-0.39, 0.29) is 54.4 Å². The van der Waals surface area contributed by atoms with Gasteiger partial charge in [-0.1, -0.05) is 18.2 Å². The molecule has 2 saturated heterocycles. The van der Waals surface area contributed by atoms with E-state index in [1.807, 2.05) is 6.07 Å². The summed E-state index contributed by atoms with van der Waals surface area (Å²) in [6.07, 6.45) is 0. The minimum absolute atomic E-state index is 0.0512. The average Bonchev–Trinajstić information content (AvgIpc) is 2.85. The summed E-state index contributed by atoms with van der Waals surface area (Å²) in [6, 6.07) is 11.8. The minimum atomic E-state index is -3.92. The highest BCUT2D eigenvalue weighted by molar-refractivity contribution is 7.89. The number of benzene rings is 2. The van der Waals surface area contributed by atoms with Crippen molar-refractivity contribution in [3.63, 3.8) is 0 Å². The predicted molar refractivity (Wildman–Crippen MR) is 122 cm³/mol. The fourth-order valence-corrected chi connectivity index (χ4v) is 5.56. The van der Waals surface area contributed by atoms with Crippen molar-refractivity contribution >= 4 is 21.8 Å². The van der Waals surface area contributed by atoms with E-state index in [0.29, 0.717) is 26.3 Å². The Morgan fingerprint density at radius 2 is 1.88 bits per heavy atom. The molecule has 1 atom stereocenters. The van der Waals surface area contributed by atoms with Gasteiger partial charge < -0.3 is 15.4 Å². The first-order valence-electron chi connectivity index (χ1n) is 11.1. The van der Waals surface area contributed by atoms with Crippen LogP contribution in [0, 0.1) is 5.82 Å². The van der Waals surface area contributed by atoms with Crippen molar-refractivity contribution in [2.24, 2.45) is 0 Å². The van der Waals surface area contributed by atoms with E-state index in [1.165, 1.54) is 36.4 Å². The van der Waals surface area contributed by atoms with E-state index >= 15 is 0 Å². The van der Waals surface area contributed by atoms with Gasteiger partial charge in [-0.2, -0.15) is 4.31 Å². The SMILES string of the molecule is O=C1CN(S(=O)(=O)c2cccc(C(=O)NCC(c3cccc(F)c3)N3CCOCC3)c2)CCN1. The number of nitrogens with zero attached hydrogens (tertiary/aromatic N) is 2. The van der Waals surface area contributed by atoms with E-state index < -0.39 is 15.9 Å². The standard InChI is InChI=1S/C23H27FN4O5S/c24-19-5-1-3-17(13-19)21(27-9-11-33-12-10-27)15-26-23(30)18-4-2-6-20(14-18)34(31,32)28-8-7-25-22(29)16-28/h1-6,13-14,21H,7-12,15-16H2,(H,25,29)(H,26,30). The monoisotopic (exact) mass is 490 g/mol. The second-order valence-corrected chi connectivity index (χ2v) is 10.1. The first-order chi connectivity index (χ1) is 16.3. The fourth-order valence-electron chi connectivity index (χ4n) is 4.12. The number of hydrogen-bond donors (Lipinski definition) is 2. The van der Waals surface area contributed by atoms with Crippen LogP contribution in [0.15, 0.2) is 53.4 Å². The lowest BCUT2D eigenvalue weighted by molar-refractivity contribution is -0.122. The molecule has 2 fully saturated rings. The Hall–Kier alpha value is -2.86. The number of amides is 2. The largest absolute Gasteiger partial charge is 0.379 e. The average molecular weight is 491 g/mol. The van der Waals surface area contributed by atoms with Crippen molar-refractivity contribution in [1.82, 2.24) is 19.8 Å². The van der Waals surface area contributed by atoms with E-state index in [2.05, 4.69) is 15.5 Å². The molecule has 2 amide bonds. The molecule has 2 aliphatic heterocycles. The van der Waals surface area contributed by atoms with Gasteiger partial charge in [0.15, 0.2) is 0 Å². The van der Waals surface area contributed by atoms with Crippen molar-refractivity contribution in [3.05, 3.63) is 65.5 Å². The Labute approximate surface area is 197 Å². The van der Waals surface area contributed by atoms with E-state index in [1.54, 1.807) is 6.07 Å². The third-order valence-electron chi connectivity index (χ3n) is 5.91. The third-order valence-corrected chi connectivity index (χ3v) is 7.75. The lowest BCUT2D eigenvalue weighted by atomic mass is 10.0. The molecule has 1 unspecified atom stereocenters. The van der Waals surface area contributed by atoms with Crippen LogP contribution < -0.4 is 10.6 Å². The zero-order valence-corrected chi connectivity index (χ0v) is 19.4. The second-order valence-electron chi connectivity index (χ2n) is 8.15. The van der Waals surface area contributed by atoms with Crippen LogP contribution >= 0.6 is 0 Å². The number of rotatable bonds is 7. The summed E-state index contributed by atoms with van der Waals surface area (Å²) < 4.78 is 46.3. The first-order valence-corrected chi connectivity index (χ1v) is 12.5. The number of carbonyl (C=O) groups is 2. The second kappa shape index (κ2) is 10.6. The summed E-state index contributed by atoms with van der Waals surface area (Å²) >= 11 is 0. The molecular weight excluding hydrogens is 463 g/mol. The van der Waals surface area contributed by atoms with Crippen molar-refractivity contribution in [1.29, 1.82) is 0 Å². The number of halogens is 1. The molecule has 0 aliphatic carbocycles. The molecule has 34 heavy (non-hydrogen) atoms. The molecular formula is C23H27FN4O5S. The number of ether oxygens (including phenoxy) is 1. The summed E-state index contributed by atoms with van der Waals surface area (Å²) in [5, 5.41) is 5.46. The summed E-state index contributed by atoms with van der Waals surface area (Å²) in [5.74, 6) is -1.16. The quantitative estimate of drug-likeness (QED) is 0.593. The predicted octanol–water partition coefficient (Wildman–Crippen LogP) is 0.750. The van der Waals surface area contributed by atoms with E-state index in [9.17, 15) is 22.4 Å². The molecule has 9 nitrogen and oxygen atoms in total. The molecule has 2 aromatic carbocycles. The Bertz CT molecular complexity index is 1150. The number of morpholine rings is 1. The topological polar surface area (TPSA) is 108 Å². The van der Waals surface area contributed by atoms with Crippen molar-refractivity contribution in [2.45, 2.75) is 10.9 Å². The first kappa shape index (κ1) is 24.3. The van der Waals surface area contributed by atoms with Gasteiger partial charge in [0.05, 0.1) is 30.7 Å². The maximum atomic E-state index is 13.9. The van der Waals surface area contributed by atoms with Crippen LogP contribution in [0.3, 0.4) is 0 Å². The molecule has 4 rings (SSSR count). The van der Waals surface area contributed by atoms with Crippen LogP contribution in [0.4, 0.5) is 4.39 Å². The molecule has 11 heteroatoms. The van der Waals surface area contributed by atoms with Gasteiger partial charge >= 0.3 is 0 Å². The number of nitrogens with one attached hydrogen (secondary N) is 2. The normalized spacial score (nSPS) is 18.8. The molecule has 0 spiro atoms. The van der Waals surface area contributed by atoms with E-state index in [0.717, 1.165) is 9.87 Å². The van der Waals surface area contributed by atoms with E-state index in [4.69, 9.17) is 4.74 Å². The van der Waals surface area contributed by atoms with Gasteiger partial charge in [0, 0.05) is 38.3 Å². The lowest BCUT2D eigenvalue weighted by Gasteiger charge is -2.35. The van der Waals surface area contributed by atoms with Crippen LogP contribution in [-0.4, -0.2) is 81.9 Å². The zero-order chi connectivity index (χ0) is 24.1. The lowest BCUT2D eigenvalue weighted by Crippen LogP contribution is -2.49. The maximum Gasteiger partial charge on any atom is 0.251 e. The van der Waals surface area contributed by atoms with Gasteiger partial charge in [0.1, 0.15) is 5.82 Å². The van der Waals surface area contributed by atoms with Crippen LogP contribution in [-0.2, 0) is 19.6 Å². The van der Waals surface area contributed by atoms with Gasteiger partial charge in [-0.15, -0.1) is 0 Å². The van der Waals surface area contributed by atoms with Gasteiger partial charge in [0.2, 0.25) is 15.9 Å². The van der Waals surface area contributed by atoms with Crippen LogP contribution in [0.25, 0.3) is 0 Å². The molecule has 2 heterocycles. The molecule has 0 bridgehead atoms. The molecule has 0 aromatic heterocycles. The van der Waals surface area contributed by atoms with Crippen LogP contribution in [0.5, 0.6) is 0 Å². The Morgan fingerprint density at radius 1 is 1.12 bits per heavy atom. The molecule has 2 aromatic rings. The van der Waals surface area contributed by atoms with Crippen molar-refractivity contribution in [2.75, 3.05) is 52.5 Å². The molecule has 2 aliphatic rings. The van der Waals surface area contributed by atoms with Crippen molar-refractivity contribution < 1.29 is 27.1 Å². The van der Waals surface area contributed by atoms with Gasteiger partial charge in [-0.25, -0.2) is 12.8 Å². The molecule has 2 N–H and O–H groups in total. The minimum Gasteiger partial charge on any atom is -0.379 e. The van der Waals surface area contributed by atoms with Gasteiger partial charge in [-0.3, -0.25) is 14.5 Å². The van der Waals surface area contributed by atoms with Crippen LogP contribution in [0.2, 0.25) is 0 Å². The number of hydrogen-bond acceptors (Lipinski definition) is 6. The van der Waals surface area contributed by atoms with Crippen molar-refractivity contribution in [3.8, 4) is 0 Å². The smallest absolute Gasteiger partial charge is 0.251 e.